The zero-order valence-electron chi connectivity index (χ0n) is 19.5. The van der Waals surface area contributed by atoms with E-state index in [0.29, 0.717) is 52.5 Å². The fourth-order valence-electron chi connectivity index (χ4n) is 4.80. The topological polar surface area (TPSA) is 76.4 Å². The van der Waals surface area contributed by atoms with Gasteiger partial charge in [-0.2, -0.15) is 0 Å². The van der Waals surface area contributed by atoms with Crippen LogP contribution in [0.2, 0.25) is 0 Å². The summed E-state index contributed by atoms with van der Waals surface area (Å²) in [7, 11) is 0. The molecule has 0 saturated carbocycles. The summed E-state index contributed by atoms with van der Waals surface area (Å²) in [5, 5.41) is 0. The average molecular weight is 501 g/mol. The monoisotopic (exact) mass is 500 g/mol. The van der Waals surface area contributed by atoms with Gasteiger partial charge in [0.15, 0.2) is 0 Å². The second-order valence-corrected chi connectivity index (χ2v) is 10.8. The molecule has 8 nitrogen and oxygen atoms in total. The molecule has 0 aliphatic carbocycles. The number of pyridine rings is 1. The number of hydrogen-bond donors (Lipinski definition) is 0. The van der Waals surface area contributed by atoms with E-state index in [2.05, 4.69) is 4.90 Å². The Bertz CT molecular complexity index is 1230. The third-order valence-corrected chi connectivity index (χ3v) is 7.72. The number of carbonyl (C=O) groups is 1. The van der Waals surface area contributed by atoms with E-state index in [1.807, 2.05) is 32.9 Å². The molecule has 5 rings (SSSR count). The van der Waals surface area contributed by atoms with Crippen molar-refractivity contribution in [2.24, 2.45) is 0 Å². The number of aryl methyl sites for hydroxylation is 1. The smallest absolute Gasteiger partial charge is 0.267 e. The number of nitrogens with zero attached hydrogens (tertiary/aromatic N) is 4. The van der Waals surface area contributed by atoms with Crippen molar-refractivity contribution in [2.45, 2.75) is 51.9 Å². The van der Waals surface area contributed by atoms with Crippen LogP contribution in [-0.4, -0.2) is 69.1 Å². The molecule has 10 heteroatoms. The van der Waals surface area contributed by atoms with E-state index in [-0.39, 0.29) is 29.8 Å². The number of thiocarbonyl (C=S) groups is 1. The SMILES string of the molecule is Cc1cccn2c(=O)c(/C=C3\SC(=S)N(C[C@H]4CCCO4)C3=O)c(N3C[C@@H](C)O[C@@H](C)C3)nc12. The predicted octanol–water partition coefficient (Wildman–Crippen LogP) is 3.00. The number of anilines is 1. The first-order valence-corrected chi connectivity index (χ1v) is 12.8. The maximum atomic E-state index is 13.7. The van der Waals surface area contributed by atoms with Gasteiger partial charge in [-0.1, -0.05) is 30.0 Å². The van der Waals surface area contributed by atoms with Crippen LogP contribution < -0.4 is 10.5 Å². The summed E-state index contributed by atoms with van der Waals surface area (Å²) in [5.74, 6) is 0.389. The lowest BCUT2D eigenvalue weighted by atomic mass is 10.1. The number of carbonyl (C=O) groups excluding carboxylic acids is 1. The van der Waals surface area contributed by atoms with Crippen molar-refractivity contribution in [3.63, 3.8) is 0 Å². The summed E-state index contributed by atoms with van der Waals surface area (Å²) in [5.41, 5.74) is 1.70. The average Bonchev–Trinajstić information content (AvgIpc) is 3.39. The Morgan fingerprint density at radius 2 is 2.03 bits per heavy atom. The second-order valence-electron chi connectivity index (χ2n) is 9.13. The summed E-state index contributed by atoms with van der Waals surface area (Å²) in [6.45, 7) is 8.34. The van der Waals surface area contributed by atoms with Crippen LogP contribution in [0, 0.1) is 6.92 Å². The molecular formula is C24H28N4O4S2. The minimum atomic E-state index is -0.208. The lowest BCUT2D eigenvalue weighted by Crippen LogP contribution is -2.46. The van der Waals surface area contributed by atoms with Crippen LogP contribution in [0.15, 0.2) is 28.0 Å². The van der Waals surface area contributed by atoms with E-state index >= 15 is 0 Å². The first-order valence-electron chi connectivity index (χ1n) is 11.6. The number of ether oxygens (including phenoxy) is 2. The summed E-state index contributed by atoms with van der Waals surface area (Å²) in [6, 6.07) is 3.76. The largest absolute Gasteiger partial charge is 0.376 e. The number of amides is 1. The van der Waals surface area contributed by atoms with E-state index < -0.39 is 0 Å². The minimum absolute atomic E-state index is 0.00153. The third-order valence-electron chi connectivity index (χ3n) is 6.34. The van der Waals surface area contributed by atoms with Crippen molar-refractivity contribution in [1.29, 1.82) is 0 Å². The van der Waals surface area contributed by atoms with Gasteiger partial charge in [0.2, 0.25) is 0 Å². The zero-order valence-corrected chi connectivity index (χ0v) is 21.2. The lowest BCUT2D eigenvalue weighted by molar-refractivity contribution is -0.123. The predicted molar refractivity (Wildman–Crippen MR) is 137 cm³/mol. The Hall–Kier alpha value is -2.27. The van der Waals surface area contributed by atoms with Crippen molar-refractivity contribution in [1.82, 2.24) is 14.3 Å². The molecule has 0 unspecified atom stereocenters. The van der Waals surface area contributed by atoms with Gasteiger partial charge in [0, 0.05) is 25.9 Å². The molecule has 3 atom stereocenters. The molecule has 0 radical (unpaired) electrons. The number of morpholine rings is 1. The molecule has 2 aromatic heterocycles. The van der Waals surface area contributed by atoms with E-state index in [9.17, 15) is 9.59 Å². The number of thioether (sulfide) groups is 1. The molecule has 3 fully saturated rings. The van der Waals surface area contributed by atoms with Crippen LogP contribution >= 0.6 is 24.0 Å². The lowest BCUT2D eigenvalue weighted by Gasteiger charge is -2.36. The quantitative estimate of drug-likeness (QED) is 0.469. The third kappa shape index (κ3) is 4.39. The molecular weight excluding hydrogens is 472 g/mol. The Morgan fingerprint density at radius 3 is 2.74 bits per heavy atom. The summed E-state index contributed by atoms with van der Waals surface area (Å²) < 4.78 is 13.6. The molecule has 34 heavy (non-hydrogen) atoms. The van der Waals surface area contributed by atoms with Crippen molar-refractivity contribution in [3.05, 3.63) is 44.7 Å². The maximum absolute atomic E-state index is 13.7. The number of aromatic nitrogens is 2. The second kappa shape index (κ2) is 9.41. The van der Waals surface area contributed by atoms with Crippen molar-refractivity contribution in [2.75, 3.05) is 31.1 Å². The highest BCUT2D eigenvalue weighted by Gasteiger charge is 2.35. The molecule has 3 aliphatic rings. The van der Waals surface area contributed by atoms with Gasteiger partial charge in [-0.05, 0) is 51.3 Å². The molecule has 2 aromatic rings. The summed E-state index contributed by atoms with van der Waals surface area (Å²) in [6.07, 6.45) is 5.29. The van der Waals surface area contributed by atoms with E-state index in [1.165, 1.54) is 11.8 Å². The van der Waals surface area contributed by atoms with Gasteiger partial charge < -0.3 is 14.4 Å². The van der Waals surface area contributed by atoms with Gasteiger partial charge in [0.25, 0.3) is 11.5 Å². The Kier molecular flexibility index (Phi) is 6.49. The van der Waals surface area contributed by atoms with Gasteiger partial charge >= 0.3 is 0 Å². The van der Waals surface area contributed by atoms with Gasteiger partial charge in [-0.3, -0.25) is 18.9 Å². The highest BCUT2D eigenvalue weighted by atomic mass is 32.2. The van der Waals surface area contributed by atoms with Gasteiger partial charge in [0.1, 0.15) is 15.8 Å². The van der Waals surface area contributed by atoms with Crippen LogP contribution in [0.25, 0.3) is 11.7 Å². The standard InChI is InChI=1S/C24H28N4O4S2/c1-14-6-4-8-27-20(14)25-21(26-11-15(2)32-16(3)12-26)18(22(27)29)10-19-23(30)28(24(33)34-19)13-17-7-5-9-31-17/h4,6,8,10,15-17H,5,7,9,11-13H2,1-3H3/b19-10-/t15-,16+,17-/m1/s1. The Balaban J connectivity index is 1.59. The molecule has 0 aromatic carbocycles. The van der Waals surface area contributed by atoms with Gasteiger partial charge in [0.05, 0.1) is 35.3 Å². The van der Waals surface area contributed by atoms with Crippen LogP contribution in [0.4, 0.5) is 5.82 Å². The Morgan fingerprint density at radius 1 is 1.26 bits per heavy atom. The maximum Gasteiger partial charge on any atom is 0.267 e. The van der Waals surface area contributed by atoms with E-state index in [4.69, 9.17) is 26.7 Å². The molecule has 180 valence electrons. The molecule has 3 aliphatic heterocycles. The number of hydrogen-bond acceptors (Lipinski definition) is 8. The van der Waals surface area contributed by atoms with Crippen molar-refractivity contribution >= 4 is 51.7 Å². The first kappa shape index (κ1) is 23.5. The van der Waals surface area contributed by atoms with Crippen LogP contribution in [-0.2, 0) is 14.3 Å². The highest BCUT2D eigenvalue weighted by Crippen LogP contribution is 2.35. The molecule has 1 amide bonds. The highest BCUT2D eigenvalue weighted by molar-refractivity contribution is 8.26. The van der Waals surface area contributed by atoms with E-state index in [1.54, 1.807) is 21.6 Å². The molecule has 0 spiro atoms. The van der Waals surface area contributed by atoms with Gasteiger partial charge in [-0.15, -0.1) is 0 Å². The van der Waals surface area contributed by atoms with E-state index in [0.717, 1.165) is 18.4 Å². The van der Waals surface area contributed by atoms with Crippen molar-refractivity contribution in [3.8, 4) is 0 Å². The van der Waals surface area contributed by atoms with Crippen LogP contribution in [0.5, 0.6) is 0 Å². The Labute approximate surface area is 207 Å². The zero-order chi connectivity index (χ0) is 24.0. The van der Waals surface area contributed by atoms with Crippen LogP contribution in [0.3, 0.4) is 0 Å². The molecule has 3 saturated heterocycles. The number of fused-ring (bicyclic) bond motifs is 1. The van der Waals surface area contributed by atoms with Gasteiger partial charge in [-0.25, -0.2) is 4.98 Å². The summed E-state index contributed by atoms with van der Waals surface area (Å²) in [4.78, 5) is 36.0. The first-order chi connectivity index (χ1) is 16.3. The molecule has 0 N–H and O–H groups in total. The minimum Gasteiger partial charge on any atom is -0.376 e. The van der Waals surface area contributed by atoms with Crippen molar-refractivity contribution < 1.29 is 14.3 Å². The van der Waals surface area contributed by atoms with Crippen LogP contribution in [0.1, 0.15) is 37.8 Å². The fraction of sp³-hybridized carbons (Fsp3) is 0.500. The normalized spacial score (nSPS) is 26.9. The molecule has 0 bridgehead atoms. The number of rotatable bonds is 4. The molecule has 5 heterocycles. The fourth-order valence-corrected chi connectivity index (χ4v) is 6.06. The summed E-state index contributed by atoms with van der Waals surface area (Å²) >= 11 is 6.73.